The fourth-order valence-corrected chi connectivity index (χ4v) is 4.57. The van der Waals surface area contributed by atoms with Crippen LogP contribution in [0.5, 0.6) is 0 Å². The van der Waals surface area contributed by atoms with E-state index in [1.807, 2.05) is 29.2 Å². The molecule has 206 valence electrons. The van der Waals surface area contributed by atoms with Crippen LogP contribution in [0.2, 0.25) is 0 Å². The Morgan fingerprint density at radius 1 is 1.02 bits per heavy atom. The third-order valence-electron chi connectivity index (χ3n) is 6.58. The zero-order valence-electron chi connectivity index (χ0n) is 21.3. The van der Waals surface area contributed by atoms with Gasteiger partial charge in [-0.05, 0) is 54.8 Å². The third-order valence-corrected chi connectivity index (χ3v) is 6.58. The van der Waals surface area contributed by atoms with Gasteiger partial charge in [-0.15, -0.1) is 0 Å². The van der Waals surface area contributed by atoms with E-state index in [0.29, 0.717) is 24.5 Å². The van der Waals surface area contributed by atoms with Crippen molar-refractivity contribution in [3.05, 3.63) is 101 Å². The Hall–Kier alpha value is -4.74. The van der Waals surface area contributed by atoms with Gasteiger partial charge in [-0.25, -0.2) is 9.37 Å². The van der Waals surface area contributed by atoms with E-state index < -0.39 is 34.9 Å². The quantitative estimate of drug-likeness (QED) is 0.319. The topological polar surface area (TPSA) is 92.2 Å². The normalized spacial score (nSPS) is 13.1. The van der Waals surface area contributed by atoms with E-state index in [0.717, 1.165) is 35.9 Å². The molecule has 3 heterocycles. The molecule has 0 radical (unpaired) electrons. The van der Waals surface area contributed by atoms with Crippen LogP contribution in [-0.4, -0.2) is 33.1 Å². The number of para-hydroxylation sites is 1. The number of hydrogen-bond acceptors (Lipinski definition) is 5. The van der Waals surface area contributed by atoms with Crippen LogP contribution in [0.4, 0.5) is 34.8 Å². The molecule has 0 atom stereocenters. The van der Waals surface area contributed by atoms with Crippen molar-refractivity contribution in [2.45, 2.75) is 25.6 Å². The number of carbonyl (C=O) groups is 2. The maximum absolute atomic E-state index is 14.0. The number of rotatable bonds is 6. The van der Waals surface area contributed by atoms with Gasteiger partial charge in [0.25, 0.3) is 11.8 Å². The Labute approximate surface area is 226 Å². The second-order valence-electron chi connectivity index (χ2n) is 9.29. The molecule has 0 saturated heterocycles. The van der Waals surface area contributed by atoms with Crippen molar-refractivity contribution in [3.8, 4) is 0 Å². The number of nitrogens with one attached hydrogen (secondary N) is 2. The first-order valence-corrected chi connectivity index (χ1v) is 12.4. The zero-order valence-corrected chi connectivity index (χ0v) is 21.3. The lowest BCUT2D eigenvalue weighted by Crippen LogP contribution is -2.28. The highest BCUT2D eigenvalue weighted by Gasteiger charge is 2.32. The Morgan fingerprint density at radius 2 is 1.82 bits per heavy atom. The third kappa shape index (κ3) is 5.65. The number of anilines is 3. The van der Waals surface area contributed by atoms with Crippen LogP contribution >= 0.6 is 0 Å². The van der Waals surface area contributed by atoms with E-state index in [-0.39, 0.29) is 17.8 Å². The average Bonchev–Trinajstić information content (AvgIpc) is 3.35. The minimum Gasteiger partial charge on any atom is -0.346 e. The molecule has 0 saturated carbocycles. The molecule has 0 spiro atoms. The molecule has 2 aromatic carbocycles. The fourth-order valence-electron chi connectivity index (χ4n) is 4.57. The maximum Gasteiger partial charge on any atom is 0.416 e. The fraction of sp³-hybridized carbons (Fsp3) is 0.214. The lowest BCUT2D eigenvalue weighted by Gasteiger charge is -2.31. The minimum atomic E-state index is -4.84. The molecule has 12 heteroatoms. The summed E-state index contributed by atoms with van der Waals surface area (Å²) in [6, 6.07) is 12.4. The number of pyridine rings is 1. The maximum atomic E-state index is 14.0. The van der Waals surface area contributed by atoms with Crippen molar-refractivity contribution < 1.29 is 27.2 Å². The van der Waals surface area contributed by atoms with Gasteiger partial charge in [-0.1, -0.05) is 18.2 Å². The first-order valence-electron chi connectivity index (χ1n) is 12.4. The summed E-state index contributed by atoms with van der Waals surface area (Å²) in [6.45, 7) is 0.735. The molecule has 0 aliphatic carbocycles. The summed E-state index contributed by atoms with van der Waals surface area (Å²) < 4.78 is 55.4. The number of aromatic nitrogens is 3. The van der Waals surface area contributed by atoms with Gasteiger partial charge in [-0.3, -0.25) is 14.3 Å². The lowest BCUT2D eigenvalue weighted by atomic mass is 10.0. The second kappa shape index (κ2) is 10.8. The summed E-state index contributed by atoms with van der Waals surface area (Å²) in [5.74, 6) is -2.37. The number of fused-ring (bicyclic) bond motifs is 1. The van der Waals surface area contributed by atoms with Crippen LogP contribution in [-0.2, 0) is 26.2 Å². The van der Waals surface area contributed by atoms with Gasteiger partial charge < -0.3 is 15.5 Å². The van der Waals surface area contributed by atoms with E-state index in [4.69, 9.17) is 0 Å². The molecule has 1 aliphatic rings. The summed E-state index contributed by atoms with van der Waals surface area (Å²) in [5.41, 5.74) is 1.06. The van der Waals surface area contributed by atoms with Crippen molar-refractivity contribution >= 4 is 29.0 Å². The van der Waals surface area contributed by atoms with Crippen LogP contribution in [0.1, 0.15) is 44.0 Å². The van der Waals surface area contributed by atoms with E-state index in [1.54, 1.807) is 24.0 Å². The van der Waals surface area contributed by atoms with Crippen LogP contribution < -0.4 is 15.5 Å². The zero-order chi connectivity index (χ0) is 28.4. The summed E-state index contributed by atoms with van der Waals surface area (Å²) in [7, 11) is 1.73. The van der Waals surface area contributed by atoms with Crippen molar-refractivity contribution in [1.29, 1.82) is 0 Å². The van der Waals surface area contributed by atoms with Gasteiger partial charge in [0.2, 0.25) is 0 Å². The summed E-state index contributed by atoms with van der Waals surface area (Å²) in [6.07, 6.45) is -0.249. The molecule has 1 aliphatic heterocycles. The molecular formula is C28H24F4N6O2. The van der Waals surface area contributed by atoms with Gasteiger partial charge in [0.15, 0.2) is 5.82 Å². The first-order chi connectivity index (χ1) is 19.1. The Bertz CT molecular complexity index is 1580. The summed E-state index contributed by atoms with van der Waals surface area (Å²) >= 11 is 0. The molecule has 0 unspecified atom stereocenters. The van der Waals surface area contributed by atoms with Crippen molar-refractivity contribution in [2.75, 3.05) is 16.8 Å². The second-order valence-corrected chi connectivity index (χ2v) is 9.29. The van der Waals surface area contributed by atoms with Crippen LogP contribution in [0.25, 0.3) is 0 Å². The molecule has 2 aromatic heterocycles. The van der Waals surface area contributed by atoms with E-state index in [1.165, 1.54) is 12.3 Å². The van der Waals surface area contributed by atoms with Crippen LogP contribution in [0, 0.1) is 5.82 Å². The van der Waals surface area contributed by atoms with Gasteiger partial charge >= 0.3 is 6.18 Å². The van der Waals surface area contributed by atoms with Crippen molar-refractivity contribution in [2.24, 2.45) is 7.05 Å². The average molecular weight is 553 g/mol. The largest absolute Gasteiger partial charge is 0.416 e. The number of alkyl halides is 3. The Balaban J connectivity index is 1.50. The summed E-state index contributed by atoms with van der Waals surface area (Å²) in [5, 5.41) is 9.38. The van der Waals surface area contributed by atoms with Crippen LogP contribution in [0.3, 0.4) is 0 Å². The smallest absolute Gasteiger partial charge is 0.346 e. The molecule has 0 bridgehead atoms. The number of nitrogens with zero attached hydrogens (tertiary/aromatic N) is 4. The highest BCUT2D eigenvalue weighted by molar-refractivity contribution is 6.07. The Kier molecular flexibility index (Phi) is 7.24. The number of carbonyl (C=O) groups excluding carboxylic acids is 2. The molecule has 0 fully saturated rings. The van der Waals surface area contributed by atoms with E-state index in [2.05, 4.69) is 20.7 Å². The molecule has 2 amide bonds. The number of hydrogen-bond donors (Lipinski definition) is 2. The SMILES string of the molecule is Cn1nccc1CNC(=O)c1cnc(N2CCCc3ccccc32)c(NC(=O)c2cc(F)cc(C(F)(F)F)c2)c1. The number of amides is 2. The van der Waals surface area contributed by atoms with Crippen molar-refractivity contribution in [3.63, 3.8) is 0 Å². The standard InChI is InChI=1S/C28H24F4N6O2/c1-37-22(8-9-35-37)16-34-26(39)19-13-23(36-27(40)18-11-20(28(30,31)32)14-21(29)12-18)25(33-15-19)38-10-4-6-17-5-2-3-7-24(17)38/h2-3,5,7-9,11-15H,4,6,10,16H2,1H3,(H,34,39)(H,36,40). The van der Waals surface area contributed by atoms with Gasteiger partial charge in [0, 0.05) is 37.2 Å². The molecular weight excluding hydrogens is 528 g/mol. The highest BCUT2D eigenvalue weighted by atomic mass is 19.4. The first kappa shape index (κ1) is 26.9. The van der Waals surface area contributed by atoms with E-state index >= 15 is 0 Å². The Morgan fingerprint density at radius 3 is 2.58 bits per heavy atom. The van der Waals surface area contributed by atoms with Gasteiger partial charge in [-0.2, -0.15) is 18.3 Å². The molecule has 5 rings (SSSR count). The number of aryl methyl sites for hydroxylation is 2. The lowest BCUT2D eigenvalue weighted by molar-refractivity contribution is -0.137. The van der Waals surface area contributed by atoms with Gasteiger partial charge in [0.05, 0.1) is 29.1 Å². The highest BCUT2D eigenvalue weighted by Crippen LogP contribution is 2.37. The van der Waals surface area contributed by atoms with E-state index in [9.17, 15) is 27.2 Å². The van der Waals surface area contributed by atoms with Crippen LogP contribution in [0.15, 0.2) is 67.0 Å². The molecule has 8 nitrogen and oxygen atoms in total. The summed E-state index contributed by atoms with van der Waals surface area (Å²) in [4.78, 5) is 32.4. The number of halogens is 4. The number of benzene rings is 2. The minimum absolute atomic E-state index is 0.0905. The predicted octanol–water partition coefficient (Wildman–Crippen LogP) is 5.24. The molecule has 2 N–H and O–H groups in total. The van der Waals surface area contributed by atoms with Crippen molar-refractivity contribution in [1.82, 2.24) is 20.1 Å². The molecule has 4 aromatic rings. The monoisotopic (exact) mass is 552 g/mol. The molecule has 40 heavy (non-hydrogen) atoms. The predicted molar refractivity (Wildman–Crippen MR) is 140 cm³/mol. The van der Waals surface area contributed by atoms with Gasteiger partial charge in [0.1, 0.15) is 5.82 Å².